The number of aryl methyl sites for hydroxylation is 4. The van der Waals surface area contributed by atoms with Gasteiger partial charge in [-0.15, -0.1) is 11.3 Å². The van der Waals surface area contributed by atoms with Crippen LogP contribution in [-0.2, 0) is 40.5 Å². The first-order valence-corrected chi connectivity index (χ1v) is 12.0. The first-order valence-electron chi connectivity index (χ1n) is 9.74. The lowest BCUT2D eigenvalue weighted by Crippen LogP contribution is -2.25. The van der Waals surface area contributed by atoms with E-state index in [4.69, 9.17) is 4.98 Å². The van der Waals surface area contributed by atoms with E-state index in [2.05, 4.69) is 10.0 Å². The molecule has 0 radical (unpaired) electrons. The summed E-state index contributed by atoms with van der Waals surface area (Å²) >= 11 is 1.83. The Balaban J connectivity index is 1.36. The lowest BCUT2D eigenvalue weighted by molar-refractivity contribution is -0.121. The van der Waals surface area contributed by atoms with Crippen molar-refractivity contribution < 1.29 is 13.2 Å². The number of benzene rings is 1. The molecule has 8 heteroatoms. The van der Waals surface area contributed by atoms with Crippen molar-refractivity contribution >= 4 is 27.3 Å². The minimum absolute atomic E-state index is 0.0188. The molecule has 152 valence electrons. The molecule has 3 rings (SSSR count). The first-order chi connectivity index (χ1) is 13.5. The number of nitrogens with zero attached hydrogens (tertiary/aromatic N) is 1. The molecule has 0 atom stereocenters. The van der Waals surface area contributed by atoms with E-state index < -0.39 is 10.0 Å². The standard InChI is InChI=1S/C20H27N3O3S2/c1-21-28(25,26)16-11-8-15(9-12-16)10-13-19(24)22-14-4-7-20-23-17-5-2-3-6-18(17)27-20/h8-9,11-12,21H,2-7,10,13-14H2,1H3,(H,22,24). The summed E-state index contributed by atoms with van der Waals surface area (Å²) < 4.78 is 25.7. The Hall–Kier alpha value is -1.77. The van der Waals surface area contributed by atoms with Crippen LogP contribution in [-0.4, -0.2) is 32.9 Å². The van der Waals surface area contributed by atoms with Crippen molar-refractivity contribution in [2.24, 2.45) is 0 Å². The Labute approximate surface area is 170 Å². The van der Waals surface area contributed by atoms with E-state index in [1.54, 1.807) is 24.3 Å². The number of carbonyl (C=O) groups is 1. The van der Waals surface area contributed by atoms with Crippen LogP contribution < -0.4 is 10.0 Å². The van der Waals surface area contributed by atoms with E-state index in [9.17, 15) is 13.2 Å². The van der Waals surface area contributed by atoms with Crippen molar-refractivity contribution in [1.82, 2.24) is 15.0 Å². The zero-order chi connectivity index (χ0) is 20.0. The number of sulfonamides is 1. The summed E-state index contributed by atoms with van der Waals surface area (Å²) in [5, 5.41) is 4.15. The SMILES string of the molecule is CNS(=O)(=O)c1ccc(CCC(=O)NCCCc2nc3c(s2)CCCC3)cc1. The number of carbonyl (C=O) groups excluding carboxylic acids is 1. The lowest BCUT2D eigenvalue weighted by atomic mass is 10.0. The van der Waals surface area contributed by atoms with Gasteiger partial charge in [-0.3, -0.25) is 4.79 Å². The molecule has 0 spiro atoms. The van der Waals surface area contributed by atoms with E-state index in [0.29, 0.717) is 19.4 Å². The van der Waals surface area contributed by atoms with Crippen molar-refractivity contribution in [3.63, 3.8) is 0 Å². The zero-order valence-corrected chi connectivity index (χ0v) is 17.8. The number of rotatable bonds is 9. The lowest BCUT2D eigenvalue weighted by Gasteiger charge is -2.06. The van der Waals surface area contributed by atoms with Crippen LogP contribution in [0.25, 0.3) is 0 Å². The minimum Gasteiger partial charge on any atom is -0.356 e. The van der Waals surface area contributed by atoms with E-state index >= 15 is 0 Å². The Morgan fingerprint density at radius 2 is 1.89 bits per heavy atom. The summed E-state index contributed by atoms with van der Waals surface area (Å²) in [6, 6.07) is 6.63. The normalized spacial score (nSPS) is 13.9. The van der Waals surface area contributed by atoms with E-state index in [1.807, 2.05) is 11.3 Å². The third kappa shape index (κ3) is 5.62. The fraction of sp³-hybridized carbons (Fsp3) is 0.500. The minimum atomic E-state index is -3.42. The number of fused-ring (bicyclic) bond motifs is 1. The molecule has 0 aliphatic heterocycles. The van der Waals surface area contributed by atoms with Gasteiger partial charge < -0.3 is 5.32 Å². The highest BCUT2D eigenvalue weighted by molar-refractivity contribution is 7.89. The predicted molar refractivity (Wildman–Crippen MR) is 111 cm³/mol. The monoisotopic (exact) mass is 421 g/mol. The van der Waals surface area contributed by atoms with Gasteiger partial charge in [-0.25, -0.2) is 18.1 Å². The van der Waals surface area contributed by atoms with Gasteiger partial charge in [0.05, 0.1) is 15.6 Å². The predicted octanol–water partition coefficient (Wildman–Crippen LogP) is 2.61. The fourth-order valence-electron chi connectivity index (χ4n) is 3.28. The van der Waals surface area contributed by atoms with Crippen LogP contribution in [0.15, 0.2) is 29.2 Å². The van der Waals surface area contributed by atoms with Gasteiger partial charge in [0.2, 0.25) is 15.9 Å². The van der Waals surface area contributed by atoms with E-state index in [-0.39, 0.29) is 10.8 Å². The summed E-state index contributed by atoms with van der Waals surface area (Å²) in [5.74, 6) is 0.0188. The third-order valence-corrected chi connectivity index (χ3v) is 7.57. The van der Waals surface area contributed by atoms with Gasteiger partial charge in [-0.05, 0) is 63.3 Å². The molecular weight excluding hydrogens is 394 g/mol. The Morgan fingerprint density at radius 1 is 1.14 bits per heavy atom. The number of hydrogen-bond acceptors (Lipinski definition) is 5. The Morgan fingerprint density at radius 3 is 2.61 bits per heavy atom. The summed E-state index contributed by atoms with van der Waals surface area (Å²) in [7, 11) is -2.03. The maximum Gasteiger partial charge on any atom is 0.240 e. The molecule has 1 aliphatic rings. The van der Waals surface area contributed by atoms with E-state index in [0.717, 1.165) is 24.8 Å². The van der Waals surface area contributed by atoms with Gasteiger partial charge >= 0.3 is 0 Å². The maximum absolute atomic E-state index is 12.0. The van der Waals surface area contributed by atoms with Crippen LogP contribution in [0.1, 0.15) is 46.8 Å². The second-order valence-electron chi connectivity index (χ2n) is 6.99. The molecule has 1 heterocycles. The number of aromatic nitrogens is 1. The molecule has 1 aliphatic carbocycles. The number of hydrogen-bond donors (Lipinski definition) is 2. The highest BCUT2D eigenvalue weighted by Gasteiger charge is 2.15. The van der Waals surface area contributed by atoms with Crippen LogP contribution in [0.3, 0.4) is 0 Å². The smallest absolute Gasteiger partial charge is 0.240 e. The molecule has 2 aromatic rings. The van der Waals surface area contributed by atoms with E-state index in [1.165, 1.54) is 41.9 Å². The van der Waals surface area contributed by atoms with Crippen LogP contribution in [0.5, 0.6) is 0 Å². The van der Waals surface area contributed by atoms with Gasteiger partial charge in [-0.2, -0.15) is 0 Å². The second kappa shape index (κ2) is 9.62. The largest absolute Gasteiger partial charge is 0.356 e. The number of thiazole rings is 1. The second-order valence-corrected chi connectivity index (χ2v) is 10.0. The Kier molecular flexibility index (Phi) is 7.20. The molecule has 0 saturated heterocycles. The number of amides is 1. The molecule has 0 fully saturated rings. The third-order valence-electron chi connectivity index (χ3n) is 4.92. The maximum atomic E-state index is 12.0. The fourth-order valence-corrected chi connectivity index (χ4v) is 5.21. The van der Waals surface area contributed by atoms with Gasteiger partial charge in [0, 0.05) is 24.3 Å². The van der Waals surface area contributed by atoms with Crippen LogP contribution in [0.2, 0.25) is 0 Å². The first kappa shape index (κ1) is 21.0. The van der Waals surface area contributed by atoms with Crippen molar-refractivity contribution in [2.75, 3.05) is 13.6 Å². The average molecular weight is 422 g/mol. The summed E-state index contributed by atoms with van der Waals surface area (Å²) in [5.41, 5.74) is 2.24. The summed E-state index contributed by atoms with van der Waals surface area (Å²) in [4.78, 5) is 18.4. The zero-order valence-electron chi connectivity index (χ0n) is 16.2. The van der Waals surface area contributed by atoms with Crippen LogP contribution >= 0.6 is 11.3 Å². The van der Waals surface area contributed by atoms with Crippen molar-refractivity contribution in [2.45, 2.75) is 56.3 Å². The highest BCUT2D eigenvalue weighted by Crippen LogP contribution is 2.27. The van der Waals surface area contributed by atoms with Gasteiger partial charge in [0.1, 0.15) is 0 Å². The Bertz CT molecular complexity index is 882. The molecule has 6 nitrogen and oxygen atoms in total. The molecule has 1 amide bonds. The van der Waals surface area contributed by atoms with Crippen LogP contribution in [0.4, 0.5) is 0 Å². The van der Waals surface area contributed by atoms with Gasteiger partial charge in [0.25, 0.3) is 0 Å². The van der Waals surface area contributed by atoms with Crippen LogP contribution in [0, 0.1) is 0 Å². The molecule has 1 aromatic carbocycles. The molecule has 0 bridgehead atoms. The highest BCUT2D eigenvalue weighted by atomic mass is 32.2. The molecule has 0 unspecified atom stereocenters. The topological polar surface area (TPSA) is 88.2 Å². The van der Waals surface area contributed by atoms with Crippen molar-refractivity contribution in [1.29, 1.82) is 0 Å². The summed E-state index contributed by atoms with van der Waals surface area (Å²) in [6.07, 6.45) is 7.61. The molecule has 1 aromatic heterocycles. The van der Waals surface area contributed by atoms with Crippen molar-refractivity contribution in [3.8, 4) is 0 Å². The van der Waals surface area contributed by atoms with Gasteiger partial charge in [0.15, 0.2) is 0 Å². The quantitative estimate of drug-likeness (QED) is 0.609. The van der Waals surface area contributed by atoms with Crippen molar-refractivity contribution in [3.05, 3.63) is 45.4 Å². The molecular formula is C20H27N3O3S2. The molecule has 0 saturated carbocycles. The average Bonchev–Trinajstić information content (AvgIpc) is 3.13. The summed E-state index contributed by atoms with van der Waals surface area (Å²) in [6.45, 7) is 0.655. The van der Waals surface area contributed by atoms with Gasteiger partial charge in [-0.1, -0.05) is 12.1 Å². The molecule has 2 N–H and O–H groups in total. The number of nitrogens with one attached hydrogen (secondary N) is 2. The molecule has 28 heavy (non-hydrogen) atoms.